The zero-order valence-electron chi connectivity index (χ0n) is 11.6. The van der Waals surface area contributed by atoms with Crippen molar-refractivity contribution in [2.45, 2.75) is 24.0 Å². The Kier molecular flexibility index (Phi) is 4.37. The van der Waals surface area contributed by atoms with Crippen LogP contribution >= 0.6 is 11.8 Å². The normalized spacial score (nSPS) is 21.7. The lowest BCUT2D eigenvalue weighted by Gasteiger charge is -2.31. The molecule has 1 aliphatic heterocycles. The minimum absolute atomic E-state index is 0.0987. The third-order valence-electron chi connectivity index (χ3n) is 3.29. The highest BCUT2D eigenvalue weighted by Crippen LogP contribution is 2.48. The number of hydrogen-bond acceptors (Lipinski definition) is 5. The second-order valence-electron chi connectivity index (χ2n) is 4.37. The van der Waals surface area contributed by atoms with Crippen LogP contribution in [0.5, 0.6) is 11.5 Å². The molecule has 2 rings (SSSR count). The lowest BCUT2D eigenvalue weighted by Crippen LogP contribution is -2.25. The van der Waals surface area contributed by atoms with E-state index in [4.69, 9.17) is 14.2 Å². The first kappa shape index (κ1) is 14.2. The molecule has 1 aliphatic rings. The van der Waals surface area contributed by atoms with Crippen LogP contribution in [0.3, 0.4) is 0 Å². The van der Waals surface area contributed by atoms with Crippen molar-refractivity contribution in [1.29, 1.82) is 0 Å². The highest BCUT2D eigenvalue weighted by Gasteiger charge is 2.34. The third kappa shape index (κ3) is 2.58. The topological polar surface area (TPSA) is 44.8 Å². The Morgan fingerprint density at radius 1 is 1.21 bits per heavy atom. The van der Waals surface area contributed by atoms with Crippen LogP contribution in [-0.4, -0.2) is 32.4 Å². The Hall–Kier alpha value is -1.20. The summed E-state index contributed by atoms with van der Waals surface area (Å²) in [4.78, 5) is 11.7. The number of hydrogen-bond donors (Lipinski definition) is 0. The number of Topliss-reactive ketones (excluding diaryl/α,β-unsaturated/α-hetero) is 1. The van der Waals surface area contributed by atoms with E-state index in [1.807, 2.05) is 12.1 Å². The number of rotatable bonds is 4. The number of carbonyl (C=O) groups excluding carboxylic acids is 1. The molecule has 0 spiro atoms. The molecule has 0 fully saturated rings. The summed E-state index contributed by atoms with van der Waals surface area (Å²) >= 11 is 1.52. The number of fused-ring (bicyclic) bond motifs is 1. The number of ketones is 1. The molecule has 0 bridgehead atoms. The summed E-state index contributed by atoms with van der Waals surface area (Å²) < 4.78 is 16.3. The van der Waals surface area contributed by atoms with Gasteiger partial charge in [-0.25, -0.2) is 0 Å². The fraction of sp³-hybridized carbons (Fsp3) is 0.500. The lowest BCUT2D eigenvalue weighted by atomic mass is 9.98. The van der Waals surface area contributed by atoms with Crippen LogP contribution in [0.1, 0.15) is 23.5 Å². The Balaban J connectivity index is 2.55. The average molecular weight is 282 g/mol. The number of thioether (sulfide) groups is 1. The number of ether oxygens (including phenoxy) is 3. The molecular formula is C14H18O4S. The van der Waals surface area contributed by atoms with E-state index < -0.39 is 0 Å². The molecule has 1 aromatic carbocycles. The van der Waals surface area contributed by atoms with Gasteiger partial charge in [-0.2, -0.15) is 0 Å². The van der Waals surface area contributed by atoms with Gasteiger partial charge in [-0.1, -0.05) is 0 Å². The zero-order chi connectivity index (χ0) is 14.0. The van der Waals surface area contributed by atoms with E-state index in [0.717, 1.165) is 22.6 Å². The summed E-state index contributed by atoms with van der Waals surface area (Å²) in [5.74, 6) is 1.71. The molecule has 5 heteroatoms. The van der Waals surface area contributed by atoms with Gasteiger partial charge in [0, 0.05) is 18.2 Å². The van der Waals surface area contributed by atoms with Crippen LogP contribution in [0.4, 0.5) is 0 Å². The van der Waals surface area contributed by atoms with Gasteiger partial charge >= 0.3 is 0 Å². The van der Waals surface area contributed by atoms with Gasteiger partial charge in [0.05, 0.1) is 19.5 Å². The second-order valence-corrected chi connectivity index (χ2v) is 5.64. The summed E-state index contributed by atoms with van der Waals surface area (Å²) in [6, 6.07) is 3.75. The van der Waals surface area contributed by atoms with Gasteiger partial charge in [-0.3, -0.25) is 4.79 Å². The van der Waals surface area contributed by atoms with Crippen LogP contribution in [0, 0.1) is 0 Å². The average Bonchev–Trinajstić information content (AvgIpc) is 2.44. The van der Waals surface area contributed by atoms with Gasteiger partial charge in [-0.15, -0.1) is 11.8 Å². The molecule has 0 saturated heterocycles. The van der Waals surface area contributed by atoms with Crippen LogP contribution < -0.4 is 9.47 Å². The third-order valence-corrected chi connectivity index (χ3v) is 4.80. The minimum Gasteiger partial charge on any atom is -0.496 e. The molecule has 0 amide bonds. The maximum absolute atomic E-state index is 11.7. The van der Waals surface area contributed by atoms with Crippen molar-refractivity contribution in [1.82, 2.24) is 0 Å². The van der Waals surface area contributed by atoms with E-state index in [9.17, 15) is 4.79 Å². The van der Waals surface area contributed by atoms with Crippen LogP contribution in [0.15, 0.2) is 12.1 Å². The standard InChI is InChI=1S/C14H18O4S/c1-8(15)12-7-9-10(16-2)5-6-11(17-3)13(9)14(18-4)19-12/h5-6,12,14H,7H2,1-4H3/t12-,14+/m1/s1. The van der Waals surface area contributed by atoms with Crippen molar-refractivity contribution in [3.05, 3.63) is 23.3 Å². The Labute approximate surface area is 117 Å². The van der Waals surface area contributed by atoms with Gasteiger partial charge in [0.25, 0.3) is 0 Å². The van der Waals surface area contributed by atoms with E-state index in [1.165, 1.54) is 11.8 Å². The second kappa shape index (κ2) is 5.84. The monoisotopic (exact) mass is 282 g/mol. The SMILES string of the molecule is COc1ccc(OC)c2c1C[C@H](C(C)=O)S[C@@H]2OC. The predicted molar refractivity (Wildman–Crippen MR) is 75.1 cm³/mol. The molecule has 2 atom stereocenters. The molecule has 0 radical (unpaired) electrons. The lowest BCUT2D eigenvalue weighted by molar-refractivity contribution is -0.116. The molecule has 0 saturated carbocycles. The minimum atomic E-state index is -0.206. The molecule has 1 heterocycles. The summed E-state index contributed by atoms with van der Waals surface area (Å²) in [6.45, 7) is 1.61. The molecule has 4 nitrogen and oxygen atoms in total. The predicted octanol–water partition coefficient (Wildman–Crippen LogP) is 2.60. The van der Waals surface area contributed by atoms with Gasteiger partial charge in [0.15, 0.2) is 0 Å². The van der Waals surface area contributed by atoms with Gasteiger partial charge < -0.3 is 14.2 Å². The summed E-state index contributed by atoms with van der Waals surface area (Å²) in [7, 11) is 4.91. The van der Waals surface area contributed by atoms with Crippen molar-refractivity contribution in [2.24, 2.45) is 0 Å². The summed E-state index contributed by atoms with van der Waals surface area (Å²) in [6.07, 6.45) is 0.648. The molecule has 0 N–H and O–H groups in total. The number of carbonyl (C=O) groups is 1. The summed E-state index contributed by atoms with van der Waals surface area (Å²) in [5.41, 5.74) is 1.78. The molecule has 0 aromatic heterocycles. The summed E-state index contributed by atoms with van der Waals surface area (Å²) in [5, 5.41) is -0.0987. The van der Waals surface area contributed by atoms with Gasteiger partial charge in [0.1, 0.15) is 22.7 Å². The molecule has 104 valence electrons. The fourth-order valence-corrected chi connectivity index (χ4v) is 3.58. The number of benzene rings is 1. The Bertz CT molecular complexity index is 487. The zero-order valence-corrected chi connectivity index (χ0v) is 12.4. The van der Waals surface area contributed by atoms with Crippen LogP contribution in [0.25, 0.3) is 0 Å². The van der Waals surface area contributed by atoms with E-state index in [-0.39, 0.29) is 16.5 Å². The maximum atomic E-state index is 11.7. The highest BCUT2D eigenvalue weighted by atomic mass is 32.2. The molecular weight excluding hydrogens is 264 g/mol. The Morgan fingerprint density at radius 3 is 2.37 bits per heavy atom. The first-order chi connectivity index (χ1) is 9.12. The van der Waals surface area contributed by atoms with E-state index in [1.54, 1.807) is 28.3 Å². The highest BCUT2D eigenvalue weighted by molar-refractivity contribution is 8.00. The van der Waals surface area contributed by atoms with Crippen molar-refractivity contribution in [3.63, 3.8) is 0 Å². The Morgan fingerprint density at radius 2 is 1.84 bits per heavy atom. The van der Waals surface area contributed by atoms with Crippen molar-refractivity contribution in [3.8, 4) is 11.5 Å². The molecule has 0 unspecified atom stereocenters. The fourth-order valence-electron chi connectivity index (χ4n) is 2.33. The van der Waals surface area contributed by atoms with Crippen molar-refractivity contribution in [2.75, 3.05) is 21.3 Å². The largest absolute Gasteiger partial charge is 0.496 e. The quantitative estimate of drug-likeness (QED) is 0.849. The van der Waals surface area contributed by atoms with Crippen molar-refractivity contribution < 1.29 is 19.0 Å². The van der Waals surface area contributed by atoms with Crippen molar-refractivity contribution >= 4 is 17.5 Å². The molecule has 19 heavy (non-hydrogen) atoms. The molecule has 0 aliphatic carbocycles. The first-order valence-corrected chi connectivity index (χ1v) is 6.99. The van der Waals surface area contributed by atoms with Gasteiger partial charge in [-0.05, 0) is 25.5 Å². The van der Waals surface area contributed by atoms with Crippen LogP contribution in [0.2, 0.25) is 0 Å². The van der Waals surface area contributed by atoms with Gasteiger partial charge in [0.2, 0.25) is 0 Å². The van der Waals surface area contributed by atoms with Crippen LogP contribution in [-0.2, 0) is 16.0 Å². The smallest absolute Gasteiger partial charge is 0.143 e. The van der Waals surface area contributed by atoms with E-state index in [2.05, 4.69) is 0 Å². The molecule has 1 aromatic rings. The first-order valence-electron chi connectivity index (χ1n) is 6.04. The maximum Gasteiger partial charge on any atom is 0.143 e. The van der Waals surface area contributed by atoms with E-state index in [0.29, 0.717) is 6.42 Å². The van der Waals surface area contributed by atoms with E-state index >= 15 is 0 Å². The number of methoxy groups -OCH3 is 3.